The molecule has 2 aromatic heterocycles. The highest BCUT2D eigenvalue weighted by Gasteiger charge is 2.25. The lowest BCUT2D eigenvalue weighted by atomic mass is 10.3. The van der Waals surface area contributed by atoms with Crippen molar-refractivity contribution in [3.8, 4) is 5.69 Å². The molecule has 3 aromatic rings. The molecule has 0 N–H and O–H groups in total. The molecule has 1 aromatic carbocycles. The summed E-state index contributed by atoms with van der Waals surface area (Å²) >= 11 is 1.40. The lowest BCUT2D eigenvalue weighted by Gasteiger charge is -2.15. The van der Waals surface area contributed by atoms with E-state index in [1.54, 1.807) is 18.2 Å². The molecule has 0 unspecified atom stereocenters. The summed E-state index contributed by atoms with van der Waals surface area (Å²) in [6.45, 7) is 6.19. The molecule has 0 radical (unpaired) electrons. The van der Waals surface area contributed by atoms with Crippen molar-refractivity contribution in [1.82, 2.24) is 19.7 Å². The van der Waals surface area contributed by atoms with Gasteiger partial charge in [-0.25, -0.2) is 19.0 Å². The van der Waals surface area contributed by atoms with Crippen molar-refractivity contribution in [1.29, 1.82) is 0 Å². The number of halogens is 1. The van der Waals surface area contributed by atoms with Crippen LogP contribution in [0.5, 0.6) is 0 Å². The number of aryl methyl sites for hydroxylation is 2. The third-order valence-corrected chi connectivity index (χ3v) is 4.80. The molecule has 1 amide bonds. The first-order valence-electron chi connectivity index (χ1n) is 8.50. The fourth-order valence-corrected chi connectivity index (χ4v) is 3.45. The number of rotatable bonds is 6. The van der Waals surface area contributed by atoms with Crippen molar-refractivity contribution in [3.05, 3.63) is 52.8 Å². The van der Waals surface area contributed by atoms with Crippen molar-refractivity contribution < 1.29 is 9.18 Å². The molecule has 0 spiro atoms. The second kappa shape index (κ2) is 7.74. The molecule has 8 heteroatoms. The number of carbonyl (C=O) groups excluding carboxylic acids is 1. The minimum absolute atomic E-state index is 0.0476. The molecule has 26 heavy (non-hydrogen) atoms. The summed E-state index contributed by atoms with van der Waals surface area (Å²) in [5, 5.41) is 6.81. The highest BCUT2D eigenvalue weighted by molar-refractivity contribution is 7.14. The number of aromatic nitrogens is 4. The maximum absolute atomic E-state index is 14.2. The van der Waals surface area contributed by atoms with E-state index in [-0.39, 0.29) is 17.4 Å². The number of thiazole rings is 1. The minimum Gasteiger partial charge on any atom is -0.281 e. The van der Waals surface area contributed by atoms with Gasteiger partial charge in [-0.15, -0.1) is 16.4 Å². The zero-order valence-electron chi connectivity index (χ0n) is 14.9. The van der Waals surface area contributed by atoms with Crippen LogP contribution in [0.1, 0.15) is 42.4 Å². The Hall–Kier alpha value is -2.61. The number of carbonyl (C=O) groups is 1. The Morgan fingerprint density at radius 3 is 2.65 bits per heavy atom. The van der Waals surface area contributed by atoms with Gasteiger partial charge in [0, 0.05) is 18.3 Å². The van der Waals surface area contributed by atoms with E-state index in [1.807, 2.05) is 26.2 Å². The Balaban J connectivity index is 2.01. The lowest BCUT2D eigenvalue weighted by molar-refractivity contribution is 0.0978. The fraction of sp³-hybridized carbons (Fsp3) is 0.333. The first-order chi connectivity index (χ1) is 12.5. The van der Waals surface area contributed by atoms with Gasteiger partial charge in [0.1, 0.15) is 17.3 Å². The van der Waals surface area contributed by atoms with Crippen LogP contribution in [0.15, 0.2) is 29.6 Å². The van der Waals surface area contributed by atoms with E-state index in [1.165, 1.54) is 27.0 Å². The summed E-state index contributed by atoms with van der Waals surface area (Å²) in [5.41, 5.74) is 1.14. The van der Waals surface area contributed by atoms with Crippen LogP contribution >= 0.6 is 11.3 Å². The molecule has 6 nitrogen and oxygen atoms in total. The van der Waals surface area contributed by atoms with Crippen LogP contribution in [0, 0.1) is 12.7 Å². The summed E-state index contributed by atoms with van der Waals surface area (Å²) in [7, 11) is 0. The Bertz CT molecular complexity index is 920. The molecular weight excluding hydrogens is 353 g/mol. The highest BCUT2D eigenvalue weighted by Crippen LogP contribution is 2.22. The molecule has 0 saturated carbocycles. The maximum atomic E-state index is 14.2. The van der Waals surface area contributed by atoms with Gasteiger partial charge in [-0.1, -0.05) is 19.1 Å². The number of nitrogens with zero attached hydrogens (tertiary/aromatic N) is 5. The molecule has 0 aliphatic carbocycles. The third kappa shape index (κ3) is 3.50. The van der Waals surface area contributed by atoms with Gasteiger partial charge in [-0.05, 0) is 32.4 Å². The van der Waals surface area contributed by atoms with Crippen molar-refractivity contribution in [2.75, 3.05) is 11.4 Å². The molecular formula is C18H20FN5OS. The zero-order valence-corrected chi connectivity index (χ0v) is 15.8. The van der Waals surface area contributed by atoms with E-state index in [0.717, 1.165) is 12.1 Å². The Morgan fingerprint density at radius 1 is 1.27 bits per heavy atom. The summed E-state index contributed by atoms with van der Waals surface area (Å²) in [6.07, 6.45) is 1.40. The molecule has 0 bridgehead atoms. The first-order valence-corrected chi connectivity index (χ1v) is 9.38. The SMILES string of the molecule is CCCc1nc(C(=O)N(CC)c2nc(C)cs2)nn1-c1ccccc1F. The van der Waals surface area contributed by atoms with E-state index >= 15 is 0 Å². The molecule has 0 aliphatic rings. The Morgan fingerprint density at radius 2 is 2.04 bits per heavy atom. The minimum atomic E-state index is -0.406. The second-order valence-corrected chi connectivity index (χ2v) is 6.62. The molecule has 2 heterocycles. The van der Waals surface area contributed by atoms with Crippen LogP contribution in [0.4, 0.5) is 9.52 Å². The average Bonchev–Trinajstić information content (AvgIpc) is 3.23. The smallest absolute Gasteiger partial charge is 0.281 e. The molecule has 0 fully saturated rings. The van der Waals surface area contributed by atoms with Crippen LogP contribution in [0.2, 0.25) is 0 Å². The Labute approximate surface area is 155 Å². The number of hydrogen-bond donors (Lipinski definition) is 0. The number of amides is 1. The monoisotopic (exact) mass is 373 g/mol. The van der Waals surface area contributed by atoms with E-state index < -0.39 is 5.82 Å². The predicted octanol–water partition coefficient (Wildman–Crippen LogP) is 3.79. The van der Waals surface area contributed by atoms with Gasteiger partial charge >= 0.3 is 0 Å². The molecule has 136 valence electrons. The second-order valence-electron chi connectivity index (χ2n) is 5.79. The zero-order chi connectivity index (χ0) is 18.7. The van der Waals surface area contributed by atoms with Gasteiger partial charge in [-0.2, -0.15) is 0 Å². The van der Waals surface area contributed by atoms with E-state index in [9.17, 15) is 9.18 Å². The maximum Gasteiger partial charge on any atom is 0.299 e. The van der Waals surface area contributed by atoms with E-state index in [4.69, 9.17) is 0 Å². The Kier molecular flexibility index (Phi) is 5.41. The number of anilines is 1. The van der Waals surface area contributed by atoms with E-state index in [0.29, 0.717) is 23.9 Å². The third-order valence-electron chi connectivity index (χ3n) is 3.82. The fourth-order valence-electron chi connectivity index (χ4n) is 2.59. The van der Waals surface area contributed by atoms with Crippen molar-refractivity contribution in [2.45, 2.75) is 33.6 Å². The van der Waals surface area contributed by atoms with Crippen LogP contribution in [-0.4, -0.2) is 32.2 Å². The van der Waals surface area contributed by atoms with Crippen molar-refractivity contribution >= 4 is 22.4 Å². The van der Waals surface area contributed by atoms with Gasteiger partial charge in [0.25, 0.3) is 5.91 Å². The summed E-state index contributed by atoms with van der Waals surface area (Å²) in [5.74, 6) is -0.135. The van der Waals surface area contributed by atoms with Crippen LogP contribution < -0.4 is 4.90 Å². The topological polar surface area (TPSA) is 63.9 Å². The highest BCUT2D eigenvalue weighted by atomic mass is 32.1. The number of hydrogen-bond acceptors (Lipinski definition) is 5. The predicted molar refractivity (Wildman–Crippen MR) is 99.5 cm³/mol. The van der Waals surface area contributed by atoms with Gasteiger partial charge < -0.3 is 0 Å². The summed E-state index contributed by atoms with van der Waals surface area (Å²) in [4.78, 5) is 23.2. The van der Waals surface area contributed by atoms with E-state index in [2.05, 4.69) is 15.1 Å². The largest absolute Gasteiger partial charge is 0.299 e. The molecule has 0 aliphatic heterocycles. The number of benzene rings is 1. The summed E-state index contributed by atoms with van der Waals surface area (Å²) < 4.78 is 15.6. The molecule has 3 rings (SSSR count). The van der Waals surface area contributed by atoms with Crippen molar-refractivity contribution in [3.63, 3.8) is 0 Å². The van der Waals surface area contributed by atoms with Crippen LogP contribution in [-0.2, 0) is 6.42 Å². The van der Waals surface area contributed by atoms with Gasteiger partial charge in [0.15, 0.2) is 5.13 Å². The van der Waals surface area contributed by atoms with Gasteiger partial charge in [0.2, 0.25) is 5.82 Å². The first kappa shape index (κ1) is 18.2. The van der Waals surface area contributed by atoms with Crippen molar-refractivity contribution in [2.24, 2.45) is 0 Å². The molecule has 0 saturated heterocycles. The van der Waals surface area contributed by atoms with Crippen LogP contribution in [0.25, 0.3) is 5.69 Å². The van der Waals surface area contributed by atoms with Crippen LogP contribution in [0.3, 0.4) is 0 Å². The average molecular weight is 373 g/mol. The summed E-state index contributed by atoms with van der Waals surface area (Å²) in [6, 6.07) is 6.34. The normalized spacial score (nSPS) is 10.9. The number of para-hydroxylation sites is 1. The molecule has 0 atom stereocenters. The lowest BCUT2D eigenvalue weighted by Crippen LogP contribution is -2.31. The quantitative estimate of drug-likeness (QED) is 0.659. The standard InChI is InChI=1S/C18H20FN5OS/c1-4-8-15-21-16(22-24(15)14-10-7-6-9-13(14)19)17(25)23(5-2)18-20-12(3)11-26-18/h6-7,9-11H,4-5,8H2,1-3H3. The van der Waals surface area contributed by atoms with Gasteiger partial charge in [-0.3, -0.25) is 9.69 Å². The van der Waals surface area contributed by atoms with Gasteiger partial charge in [0.05, 0.1) is 5.69 Å².